The maximum atomic E-state index is 12.9. The number of aromatic carboxylic acids is 1. The first-order chi connectivity index (χ1) is 21.7. The van der Waals surface area contributed by atoms with Crippen LogP contribution in [0.3, 0.4) is 0 Å². The second kappa shape index (κ2) is 20.1. The third-order valence-electron chi connectivity index (χ3n) is 6.44. The van der Waals surface area contributed by atoms with Crippen LogP contribution in [0.4, 0.5) is 5.69 Å². The monoisotopic (exact) mass is 643 g/mol. The van der Waals surface area contributed by atoms with Gasteiger partial charge in [0.1, 0.15) is 12.1 Å². The molecule has 15 nitrogen and oxygen atoms in total. The normalized spacial score (nSPS) is 13.2. The zero-order valence-corrected chi connectivity index (χ0v) is 26.8. The summed E-state index contributed by atoms with van der Waals surface area (Å²) in [6, 6.07) is 3.17. The quantitative estimate of drug-likeness (QED) is 0.0999. The summed E-state index contributed by atoms with van der Waals surface area (Å²) in [6.45, 7) is 7.36. The molecule has 0 aromatic heterocycles. The summed E-state index contributed by atoms with van der Waals surface area (Å²) in [5.74, 6) is -5.03. The maximum Gasteiger partial charge on any atom is 0.337 e. The van der Waals surface area contributed by atoms with Crippen LogP contribution in [0.25, 0.3) is 0 Å². The number of carbonyl (C=O) groups is 7. The lowest BCUT2D eigenvalue weighted by Crippen LogP contribution is -2.53. The van der Waals surface area contributed by atoms with Crippen LogP contribution < -0.4 is 37.6 Å². The van der Waals surface area contributed by atoms with Gasteiger partial charge in [0.25, 0.3) is 0 Å². The Kier molecular flexibility index (Phi) is 17.0. The van der Waals surface area contributed by atoms with Crippen LogP contribution in [0.1, 0.15) is 57.8 Å². The SMILES string of the molecule is C/C=C\C=C(/C)C[C@@H](CC(=O)N[C@@H](C)C(=O)NCC(=O)Nc1ccccc1C(=O)O)NC(=O)CNC(=O)C(NC(=O)CN)C(C)C. The molecule has 0 saturated heterocycles. The van der Waals surface area contributed by atoms with Gasteiger partial charge in [-0.1, -0.05) is 49.8 Å². The van der Waals surface area contributed by atoms with Gasteiger partial charge in [-0.15, -0.1) is 0 Å². The smallest absolute Gasteiger partial charge is 0.337 e. The summed E-state index contributed by atoms with van der Waals surface area (Å²) in [5, 5.41) is 24.3. The van der Waals surface area contributed by atoms with E-state index in [1.165, 1.54) is 25.1 Å². The summed E-state index contributed by atoms with van der Waals surface area (Å²) in [4.78, 5) is 86.0. The van der Waals surface area contributed by atoms with Gasteiger partial charge >= 0.3 is 5.97 Å². The molecule has 0 heterocycles. The molecule has 0 radical (unpaired) electrons. The first kappa shape index (κ1) is 39.0. The van der Waals surface area contributed by atoms with E-state index in [2.05, 4.69) is 31.9 Å². The highest BCUT2D eigenvalue weighted by Gasteiger charge is 2.25. The second-order valence-corrected chi connectivity index (χ2v) is 10.8. The van der Waals surface area contributed by atoms with Crippen LogP contribution in [0.5, 0.6) is 0 Å². The molecule has 1 rings (SSSR count). The van der Waals surface area contributed by atoms with Crippen LogP contribution >= 0.6 is 0 Å². The molecule has 3 atom stereocenters. The van der Waals surface area contributed by atoms with Gasteiger partial charge in [0.2, 0.25) is 35.4 Å². The van der Waals surface area contributed by atoms with E-state index in [9.17, 15) is 38.7 Å². The summed E-state index contributed by atoms with van der Waals surface area (Å²) in [5.41, 5.74) is 6.13. The van der Waals surface area contributed by atoms with Gasteiger partial charge < -0.3 is 42.7 Å². The second-order valence-electron chi connectivity index (χ2n) is 10.8. The number of hydrogen-bond donors (Lipinski definition) is 8. The number of amides is 6. The van der Waals surface area contributed by atoms with Crippen molar-refractivity contribution in [3.63, 3.8) is 0 Å². The van der Waals surface area contributed by atoms with E-state index in [4.69, 9.17) is 5.73 Å². The van der Waals surface area contributed by atoms with Crippen molar-refractivity contribution in [2.45, 2.75) is 65.6 Å². The predicted molar refractivity (Wildman–Crippen MR) is 171 cm³/mol. The van der Waals surface area contributed by atoms with Gasteiger partial charge in [-0.25, -0.2) is 4.79 Å². The lowest BCUT2D eigenvalue weighted by atomic mass is 10.0. The first-order valence-electron chi connectivity index (χ1n) is 14.7. The number of rotatable bonds is 18. The van der Waals surface area contributed by atoms with Crippen LogP contribution in [-0.4, -0.2) is 84.3 Å². The minimum absolute atomic E-state index is 0.0696. The van der Waals surface area contributed by atoms with Crippen molar-refractivity contribution in [3.8, 4) is 0 Å². The number of para-hydroxylation sites is 1. The summed E-state index contributed by atoms with van der Waals surface area (Å²) in [6.07, 6.45) is 5.53. The first-order valence-corrected chi connectivity index (χ1v) is 14.7. The summed E-state index contributed by atoms with van der Waals surface area (Å²) in [7, 11) is 0. The molecule has 15 heteroatoms. The fourth-order valence-electron chi connectivity index (χ4n) is 4.10. The minimum atomic E-state index is -1.23. The largest absolute Gasteiger partial charge is 0.478 e. The molecular weight excluding hydrogens is 598 g/mol. The molecule has 252 valence electrons. The summed E-state index contributed by atoms with van der Waals surface area (Å²) >= 11 is 0. The number of hydrogen-bond acceptors (Lipinski definition) is 8. The van der Waals surface area contributed by atoms with Crippen molar-refractivity contribution in [2.75, 3.05) is 25.0 Å². The Balaban J connectivity index is 2.77. The molecule has 0 aliphatic heterocycles. The van der Waals surface area contributed by atoms with Crippen molar-refractivity contribution in [1.82, 2.24) is 26.6 Å². The predicted octanol–water partition coefficient (Wildman–Crippen LogP) is -0.0527. The molecule has 9 N–H and O–H groups in total. The average Bonchev–Trinajstić information content (AvgIpc) is 2.99. The van der Waals surface area contributed by atoms with Crippen molar-refractivity contribution in [2.24, 2.45) is 11.7 Å². The Hall–Kier alpha value is -5.05. The van der Waals surface area contributed by atoms with Gasteiger partial charge in [0.05, 0.1) is 30.9 Å². The highest BCUT2D eigenvalue weighted by Crippen LogP contribution is 2.14. The Morgan fingerprint density at radius 3 is 2.07 bits per heavy atom. The molecule has 0 aliphatic carbocycles. The fraction of sp³-hybridized carbons (Fsp3) is 0.452. The standard InChI is InChI=1S/C31H45N7O8/c1-6-7-10-19(4)13-21(36-26(41)16-34-30(44)28(18(2)3)38-25(40)15-32)14-24(39)35-20(5)29(43)33-17-27(42)37-23-12-9-8-11-22(23)31(45)46/h6-12,18,20-21,28H,13-17,32H2,1-5H3,(H,33,43)(H,34,44)(H,35,39)(H,36,41)(H,37,42)(H,38,40)(H,45,46)/b7-6-,19-10+/t20-,21-,28?/m0/s1. The Morgan fingerprint density at radius 1 is 0.826 bits per heavy atom. The molecule has 46 heavy (non-hydrogen) atoms. The molecule has 0 aliphatic rings. The minimum Gasteiger partial charge on any atom is -0.478 e. The van der Waals surface area contributed by atoms with E-state index < -0.39 is 72.6 Å². The Bertz CT molecular complexity index is 1330. The van der Waals surface area contributed by atoms with Gasteiger partial charge in [0.15, 0.2) is 0 Å². The molecule has 0 spiro atoms. The third-order valence-corrected chi connectivity index (χ3v) is 6.44. The maximum absolute atomic E-state index is 12.9. The summed E-state index contributed by atoms with van der Waals surface area (Å²) < 4.78 is 0. The zero-order chi connectivity index (χ0) is 34.8. The number of nitrogens with two attached hydrogens (primary N) is 1. The molecule has 0 saturated carbocycles. The molecule has 1 unspecified atom stereocenters. The van der Waals surface area contributed by atoms with Crippen LogP contribution in [0.15, 0.2) is 48.1 Å². The average molecular weight is 644 g/mol. The highest BCUT2D eigenvalue weighted by molar-refractivity contribution is 6.02. The lowest BCUT2D eigenvalue weighted by molar-refractivity contribution is -0.131. The third kappa shape index (κ3) is 14.6. The van der Waals surface area contributed by atoms with Crippen molar-refractivity contribution >= 4 is 47.1 Å². The van der Waals surface area contributed by atoms with E-state index in [0.717, 1.165) is 5.57 Å². The van der Waals surface area contributed by atoms with E-state index in [-0.39, 0.29) is 36.6 Å². The van der Waals surface area contributed by atoms with Crippen LogP contribution in [0.2, 0.25) is 0 Å². The van der Waals surface area contributed by atoms with E-state index in [0.29, 0.717) is 0 Å². The molecule has 1 aromatic carbocycles. The molecule has 6 amide bonds. The topological polar surface area (TPSA) is 238 Å². The molecule has 1 aromatic rings. The Morgan fingerprint density at radius 2 is 1.46 bits per heavy atom. The number of carboxylic acid groups (broad SMARTS) is 1. The van der Waals surface area contributed by atoms with Crippen molar-refractivity contribution < 1.29 is 38.7 Å². The highest BCUT2D eigenvalue weighted by atomic mass is 16.4. The zero-order valence-electron chi connectivity index (χ0n) is 26.8. The number of nitrogens with one attached hydrogen (secondary N) is 6. The van der Waals surface area contributed by atoms with Gasteiger partial charge in [-0.05, 0) is 45.2 Å². The van der Waals surface area contributed by atoms with Gasteiger partial charge in [-0.2, -0.15) is 0 Å². The van der Waals surface area contributed by atoms with E-state index >= 15 is 0 Å². The number of benzene rings is 1. The van der Waals surface area contributed by atoms with E-state index in [1.54, 1.807) is 26.0 Å². The number of allylic oxidation sites excluding steroid dienone is 3. The number of anilines is 1. The van der Waals surface area contributed by atoms with Crippen LogP contribution in [-0.2, 0) is 28.8 Å². The number of carbonyl (C=O) groups excluding carboxylic acids is 6. The Labute approximate surface area is 268 Å². The van der Waals surface area contributed by atoms with Crippen LogP contribution in [0, 0.1) is 5.92 Å². The van der Waals surface area contributed by atoms with Gasteiger partial charge in [0, 0.05) is 12.5 Å². The molecular formula is C31H45N7O8. The van der Waals surface area contributed by atoms with Crippen molar-refractivity contribution in [1.29, 1.82) is 0 Å². The van der Waals surface area contributed by atoms with Gasteiger partial charge in [-0.3, -0.25) is 28.8 Å². The number of carboxylic acids is 1. The fourth-order valence-corrected chi connectivity index (χ4v) is 4.10. The van der Waals surface area contributed by atoms with E-state index in [1.807, 2.05) is 26.0 Å². The molecule has 0 bridgehead atoms. The van der Waals surface area contributed by atoms with Crippen molar-refractivity contribution in [3.05, 3.63) is 53.6 Å². The lowest BCUT2D eigenvalue weighted by Gasteiger charge is -2.23. The molecule has 0 fully saturated rings.